The second-order valence-electron chi connectivity index (χ2n) is 6.65. The lowest BCUT2D eigenvalue weighted by Crippen LogP contribution is -2.45. The molecular formula is C17H34N2O2. The van der Waals surface area contributed by atoms with Gasteiger partial charge in [-0.3, -0.25) is 9.59 Å². The summed E-state index contributed by atoms with van der Waals surface area (Å²) in [5, 5.41) is 2.87. The molecule has 0 aliphatic carbocycles. The van der Waals surface area contributed by atoms with Crippen LogP contribution in [0.1, 0.15) is 91.4 Å². The van der Waals surface area contributed by atoms with E-state index in [0.29, 0.717) is 6.42 Å². The summed E-state index contributed by atoms with van der Waals surface area (Å²) in [7, 11) is 0. The van der Waals surface area contributed by atoms with Gasteiger partial charge in [-0.15, -0.1) is 0 Å². The SMILES string of the molecule is CCCCCCCCCCCC(=O)NC(C)(C)CC(N)=O. The van der Waals surface area contributed by atoms with Crippen molar-refractivity contribution in [3.63, 3.8) is 0 Å². The molecular weight excluding hydrogens is 264 g/mol. The fraction of sp³-hybridized carbons (Fsp3) is 0.882. The number of nitrogens with one attached hydrogen (secondary N) is 1. The molecule has 0 bridgehead atoms. The number of primary amides is 1. The molecule has 0 saturated carbocycles. The molecule has 4 heteroatoms. The van der Waals surface area contributed by atoms with Crippen LogP contribution in [-0.4, -0.2) is 17.4 Å². The molecule has 0 fully saturated rings. The number of hydrogen-bond donors (Lipinski definition) is 2. The number of unbranched alkanes of at least 4 members (excludes halogenated alkanes) is 8. The lowest BCUT2D eigenvalue weighted by molar-refractivity contribution is -0.124. The fourth-order valence-corrected chi connectivity index (χ4v) is 2.52. The topological polar surface area (TPSA) is 72.2 Å². The molecule has 0 heterocycles. The highest BCUT2D eigenvalue weighted by molar-refractivity contribution is 5.79. The van der Waals surface area contributed by atoms with E-state index >= 15 is 0 Å². The molecule has 3 N–H and O–H groups in total. The standard InChI is InChI=1S/C17H34N2O2/c1-4-5-6-7-8-9-10-11-12-13-16(21)19-17(2,3)14-15(18)20/h4-14H2,1-3H3,(H2,18,20)(H,19,21). The van der Waals surface area contributed by atoms with Gasteiger partial charge in [0.1, 0.15) is 0 Å². The van der Waals surface area contributed by atoms with E-state index in [1.165, 1.54) is 44.9 Å². The average Bonchev–Trinajstić information content (AvgIpc) is 2.34. The van der Waals surface area contributed by atoms with Crippen LogP contribution in [-0.2, 0) is 9.59 Å². The summed E-state index contributed by atoms with van der Waals surface area (Å²) in [6.45, 7) is 5.88. The minimum absolute atomic E-state index is 0.0178. The minimum Gasteiger partial charge on any atom is -0.370 e. The van der Waals surface area contributed by atoms with Crippen LogP contribution in [0.4, 0.5) is 0 Å². The van der Waals surface area contributed by atoms with Crippen LogP contribution in [0.3, 0.4) is 0 Å². The third-order valence-electron chi connectivity index (χ3n) is 3.60. The van der Waals surface area contributed by atoms with E-state index in [1.54, 1.807) is 0 Å². The molecule has 0 aromatic rings. The van der Waals surface area contributed by atoms with Gasteiger partial charge in [0, 0.05) is 18.4 Å². The Morgan fingerprint density at radius 2 is 1.38 bits per heavy atom. The maximum Gasteiger partial charge on any atom is 0.220 e. The van der Waals surface area contributed by atoms with Crippen LogP contribution < -0.4 is 11.1 Å². The van der Waals surface area contributed by atoms with E-state index in [1.807, 2.05) is 13.8 Å². The number of amides is 2. The first kappa shape index (κ1) is 19.9. The van der Waals surface area contributed by atoms with Crippen LogP contribution in [0.15, 0.2) is 0 Å². The van der Waals surface area contributed by atoms with Gasteiger partial charge in [0.15, 0.2) is 0 Å². The van der Waals surface area contributed by atoms with Crippen molar-refractivity contribution in [2.75, 3.05) is 0 Å². The van der Waals surface area contributed by atoms with Gasteiger partial charge in [-0.2, -0.15) is 0 Å². The highest BCUT2D eigenvalue weighted by atomic mass is 16.2. The Hall–Kier alpha value is -1.06. The molecule has 0 aromatic heterocycles. The Morgan fingerprint density at radius 3 is 1.86 bits per heavy atom. The van der Waals surface area contributed by atoms with Crippen molar-refractivity contribution >= 4 is 11.8 Å². The molecule has 124 valence electrons. The first-order chi connectivity index (χ1) is 9.87. The maximum atomic E-state index is 11.8. The van der Waals surface area contributed by atoms with E-state index in [4.69, 9.17) is 5.73 Å². The Labute approximate surface area is 130 Å². The normalized spacial score (nSPS) is 11.4. The van der Waals surface area contributed by atoms with Crippen molar-refractivity contribution in [2.45, 2.75) is 96.9 Å². The smallest absolute Gasteiger partial charge is 0.220 e. The Morgan fingerprint density at radius 1 is 0.905 bits per heavy atom. The third-order valence-corrected chi connectivity index (χ3v) is 3.60. The second-order valence-corrected chi connectivity index (χ2v) is 6.65. The van der Waals surface area contributed by atoms with Crippen LogP contribution in [0.5, 0.6) is 0 Å². The number of carbonyl (C=O) groups is 2. The molecule has 0 atom stereocenters. The predicted octanol–water partition coefficient (Wildman–Crippen LogP) is 3.68. The summed E-state index contributed by atoms with van der Waals surface area (Å²) in [5.41, 5.74) is 4.62. The number of hydrogen-bond acceptors (Lipinski definition) is 2. The van der Waals surface area contributed by atoms with Gasteiger partial charge < -0.3 is 11.1 Å². The van der Waals surface area contributed by atoms with Crippen molar-refractivity contribution < 1.29 is 9.59 Å². The molecule has 0 rings (SSSR count). The predicted molar refractivity (Wildman–Crippen MR) is 87.9 cm³/mol. The largest absolute Gasteiger partial charge is 0.370 e. The zero-order chi connectivity index (χ0) is 16.1. The van der Waals surface area contributed by atoms with Crippen LogP contribution in [0, 0.1) is 0 Å². The van der Waals surface area contributed by atoms with Crippen molar-refractivity contribution in [3.05, 3.63) is 0 Å². The molecule has 21 heavy (non-hydrogen) atoms. The zero-order valence-electron chi connectivity index (χ0n) is 14.2. The maximum absolute atomic E-state index is 11.8. The lowest BCUT2D eigenvalue weighted by Gasteiger charge is -2.24. The molecule has 0 aliphatic heterocycles. The molecule has 0 aliphatic rings. The molecule has 0 spiro atoms. The first-order valence-electron chi connectivity index (χ1n) is 8.46. The quantitative estimate of drug-likeness (QED) is 0.509. The van der Waals surface area contributed by atoms with E-state index in [2.05, 4.69) is 12.2 Å². The zero-order valence-corrected chi connectivity index (χ0v) is 14.2. The average molecular weight is 298 g/mol. The highest BCUT2D eigenvalue weighted by Crippen LogP contribution is 2.12. The Balaban J connectivity index is 3.51. The summed E-state index contributed by atoms with van der Waals surface area (Å²) >= 11 is 0. The third kappa shape index (κ3) is 13.7. The Bertz CT molecular complexity index is 301. The molecule has 0 saturated heterocycles. The van der Waals surface area contributed by atoms with Gasteiger partial charge in [0.25, 0.3) is 0 Å². The van der Waals surface area contributed by atoms with Crippen molar-refractivity contribution in [1.29, 1.82) is 0 Å². The van der Waals surface area contributed by atoms with Crippen molar-refractivity contribution in [1.82, 2.24) is 5.32 Å². The van der Waals surface area contributed by atoms with Crippen molar-refractivity contribution in [2.24, 2.45) is 5.73 Å². The van der Waals surface area contributed by atoms with E-state index in [9.17, 15) is 9.59 Å². The molecule has 2 amide bonds. The minimum atomic E-state index is -0.539. The van der Waals surface area contributed by atoms with Gasteiger partial charge in [-0.25, -0.2) is 0 Å². The summed E-state index contributed by atoms with van der Waals surface area (Å²) < 4.78 is 0. The fourth-order valence-electron chi connectivity index (χ4n) is 2.52. The van der Waals surface area contributed by atoms with Gasteiger partial charge >= 0.3 is 0 Å². The number of rotatable bonds is 13. The summed E-state index contributed by atoms with van der Waals surface area (Å²) in [5.74, 6) is -0.368. The number of nitrogens with two attached hydrogens (primary N) is 1. The van der Waals surface area contributed by atoms with Gasteiger partial charge in [0.2, 0.25) is 11.8 Å². The molecule has 0 radical (unpaired) electrons. The van der Waals surface area contributed by atoms with Crippen LogP contribution in [0.2, 0.25) is 0 Å². The van der Waals surface area contributed by atoms with Crippen molar-refractivity contribution in [3.8, 4) is 0 Å². The monoisotopic (exact) mass is 298 g/mol. The lowest BCUT2D eigenvalue weighted by atomic mass is 9.99. The summed E-state index contributed by atoms with van der Waals surface area (Å²) in [6.07, 6.45) is 11.9. The number of carbonyl (C=O) groups excluding carboxylic acids is 2. The highest BCUT2D eigenvalue weighted by Gasteiger charge is 2.22. The summed E-state index contributed by atoms with van der Waals surface area (Å²) in [4.78, 5) is 22.7. The molecule has 0 aromatic carbocycles. The summed E-state index contributed by atoms with van der Waals surface area (Å²) in [6, 6.07) is 0. The van der Waals surface area contributed by atoms with Gasteiger partial charge in [0.05, 0.1) is 0 Å². The first-order valence-corrected chi connectivity index (χ1v) is 8.46. The van der Waals surface area contributed by atoms with E-state index in [-0.39, 0.29) is 18.2 Å². The Kier molecular flexibility index (Phi) is 11.0. The molecule has 0 unspecified atom stereocenters. The van der Waals surface area contributed by atoms with Gasteiger partial charge in [-0.05, 0) is 20.3 Å². The van der Waals surface area contributed by atoms with Crippen LogP contribution >= 0.6 is 0 Å². The van der Waals surface area contributed by atoms with E-state index < -0.39 is 5.54 Å². The van der Waals surface area contributed by atoms with Gasteiger partial charge in [-0.1, -0.05) is 58.3 Å². The second kappa shape index (κ2) is 11.6. The molecule has 4 nitrogen and oxygen atoms in total. The van der Waals surface area contributed by atoms with Crippen LogP contribution in [0.25, 0.3) is 0 Å². The van der Waals surface area contributed by atoms with E-state index in [0.717, 1.165) is 12.8 Å².